The van der Waals surface area contributed by atoms with E-state index >= 15 is 0 Å². The molecule has 33 heteroatoms. The molecular weight excluding hydrogens is 1270 g/mol. The zero-order valence-corrected chi connectivity index (χ0v) is 53.4. The van der Waals surface area contributed by atoms with Crippen LogP contribution in [0.25, 0.3) is 0 Å². The Bertz CT molecular complexity index is 2550. The normalized spacial score (nSPS) is 56.5. The first-order valence-electron chi connectivity index (χ1n) is 33.7. The molecule has 12 unspecified atom stereocenters. The van der Waals surface area contributed by atoms with Gasteiger partial charge in [-0.25, -0.2) is 0 Å². The predicted molar refractivity (Wildman–Crippen MR) is 308 cm³/mol. The third kappa shape index (κ3) is 13.0. The van der Waals surface area contributed by atoms with Gasteiger partial charge in [-0.05, 0) is 80.0 Å². The molecule has 4 saturated carbocycles. The first-order chi connectivity index (χ1) is 45.2. The molecule has 0 radical (unpaired) electrons. The number of hydrogen-bond acceptors (Lipinski definition) is 33. The summed E-state index contributed by atoms with van der Waals surface area (Å²) in [6, 6.07) is 0. The van der Waals surface area contributed by atoms with E-state index in [9.17, 15) is 96.7 Å². The highest BCUT2D eigenvalue weighted by Gasteiger charge is 2.72. The summed E-state index contributed by atoms with van der Waals surface area (Å²) >= 11 is 0. The number of rotatable bonds is 17. The van der Waals surface area contributed by atoms with Crippen molar-refractivity contribution in [1.82, 2.24) is 0 Å². The van der Waals surface area contributed by atoms with Gasteiger partial charge in [-0.15, -0.1) is 0 Å². The average molecular weight is 1370 g/mol. The van der Waals surface area contributed by atoms with Gasteiger partial charge in [0.1, 0.15) is 146 Å². The molecule has 33 nitrogen and oxygen atoms in total. The maximum Gasteiger partial charge on any atom is 0.187 e. The van der Waals surface area contributed by atoms with Crippen LogP contribution in [0, 0.1) is 52.3 Å². The largest absolute Gasteiger partial charge is 0.394 e. The van der Waals surface area contributed by atoms with Crippen molar-refractivity contribution >= 4 is 5.78 Å². The molecule has 12 aliphatic rings. The van der Waals surface area contributed by atoms with E-state index in [0.29, 0.717) is 49.9 Å². The summed E-state index contributed by atoms with van der Waals surface area (Å²) in [6.07, 6.45) is -49.4. The van der Waals surface area contributed by atoms with E-state index in [2.05, 4.69) is 27.7 Å². The van der Waals surface area contributed by atoms with Gasteiger partial charge in [0, 0.05) is 30.1 Å². The lowest BCUT2D eigenvalue weighted by atomic mass is 9.44. The molecular formula is C62H100O33. The molecule has 0 aromatic rings. The summed E-state index contributed by atoms with van der Waals surface area (Å²) in [5.41, 5.74) is -0.742. The van der Waals surface area contributed by atoms with Crippen LogP contribution >= 0.6 is 0 Å². The van der Waals surface area contributed by atoms with Gasteiger partial charge in [0.15, 0.2) is 43.5 Å². The Balaban J connectivity index is 0.733. The number of carbonyl (C=O) groups is 1. The number of aliphatic hydroxyl groups is 18. The molecule has 4 aliphatic carbocycles. The maximum atomic E-state index is 14.8. The van der Waals surface area contributed by atoms with Gasteiger partial charge in [-0.1, -0.05) is 27.7 Å². The van der Waals surface area contributed by atoms with E-state index in [-0.39, 0.29) is 41.1 Å². The predicted octanol–water partition coefficient (Wildman–Crippen LogP) is -7.44. The quantitative estimate of drug-likeness (QED) is 0.0602. The summed E-state index contributed by atoms with van der Waals surface area (Å²) in [6.45, 7) is 4.04. The molecule has 8 aliphatic heterocycles. The number of carbonyl (C=O) groups excluding carboxylic acids is 1. The van der Waals surface area contributed by atoms with Crippen molar-refractivity contribution in [3.05, 3.63) is 0 Å². The number of ketones is 1. The van der Waals surface area contributed by atoms with Crippen LogP contribution in [0.4, 0.5) is 0 Å². The molecule has 95 heavy (non-hydrogen) atoms. The smallest absolute Gasteiger partial charge is 0.187 e. The average Bonchev–Trinajstić information content (AvgIpc) is 1.54. The molecule has 0 bridgehead atoms. The standard InChI is InChI=1S/C62H100O33/c1-21-7-10-62(83-19-21)22(2)36-29(95-62)12-27-25-6-5-23-11-24(8-9-60(23,3)26(25)13-35(69)61(27,36)4)84-55-46(79)43(76)50(34(18-67)89-55)91-59-53(94-57-45(78)42(75)38(71)31(15-64)86-57)52(40(73)33(17-66)88-59)93-54-47(80)49(28(68)20-82-54)90-58-48(81)51(39(72)32(16-65)87-58)92-56-44(77)41(74)37(70)30(14-63)85-56/h21-34,36-59,63-68,70-81H,5-20H2,1-4H3/t21?,22?,23?,24?,25?,26?,27?,28-,29?,30-,31-,32-,33-,34-,36?,37-,38-,39-,40-,41-,42-,43+,44-,45-,46-,47-,48-,49+,50+,51+,52-,53-,54+,55-,56+,57+,58+,59+,60?,61?,62?/m1/s1. The highest BCUT2D eigenvalue weighted by atomic mass is 16.8. The van der Waals surface area contributed by atoms with Crippen molar-refractivity contribution in [2.24, 2.45) is 52.3 Å². The fraction of sp³-hybridized carbons (Fsp3) is 0.984. The number of hydrogen-bond donors (Lipinski definition) is 18. The SMILES string of the molecule is CC1CCC2(OC1)OC1CC3C4CCC5CC(O[C@@H]6O[C@H](CO)[C@H](O[C@@H]7O[C@H](CO)[C@@H](O)[C@@H](O[C@@H]8OC[C@@H](O)[C@H](O[C@@H]9O[C@H](CO)[C@@H](O)[C@H](O[C@@H]%10O[C@H](CO)[C@@H](O)[C@@H](O)[C@H]%10O)[C@H]9O)[C@H]8O)[C@H]7O[C@@H]7O[C@H](CO)[C@@H](O)[C@@H](O)[C@H]7O)[C@@H](O)[C@H]6O)CCC5(C)C4CC(=O)C3(C)C1C2C. The number of fused-ring (bicyclic) bond motifs is 7. The fourth-order valence-electron chi connectivity index (χ4n) is 18.5. The van der Waals surface area contributed by atoms with Gasteiger partial charge in [0.2, 0.25) is 0 Å². The maximum absolute atomic E-state index is 14.8. The van der Waals surface area contributed by atoms with Crippen molar-refractivity contribution in [3.8, 4) is 0 Å². The summed E-state index contributed by atoms with van der Waals surface area (Å²) in [5.74, 6) is 0.982. The summed E-state index contributed by atoms with van der Waals surface area (Å²) in [7, 11) is 0. The number of ether oxygens (including phenoxy) is 14. The van der Waals surface area contributed by atoms with Gasteiger partial charge in [-0.2, -0.15) is 0 Å². The third-order valence-corrected chi connectivity index (χ3v) is 24.1. The van der Waals surface area contributed by atoms with Crippen LogP contribution in [0.3, 0.4) is 0 Å². The highest BCUT2D eigenvalue weighted by molar-refractivity contribution is 5.87. The van der Waals surface area contributed by atoms with Crippen LogP contribution < -0.4 is 0 Å². The van der Waals surface area contributed by atoms with Crippen molar-refractivity contribution in [2.45, 2.75) is 282 Å². The first-order valence-corrected chi connectivity index (χ1v) is 33.7. The highest BCUT2D eigenvalue weighted by Crippen LogP contribution is 2.70. The minimum atomic E-state index is -2.21. The van der Waals surface area contributed by atoms with E-state index < -0.39 is 235 Å². The van der Waals surface area contributed by atoms with Crippen LogP contribution in [0.2, 0.25) is 0 Å². The Morgan fingerprint density at radius 2 is 0.958 bits per heavy atom. The molecule has 8 saturated heterocycles. The summed E-state index contributed by atoms with van der Waals surface area (Å²) < 4.78 is 84.7. The number of aliphatic hydroxyl groups excluding tert-OH is 18. The van der Waals surface area contributed by atoms with Crippen LogP contribution in [-0.2, 0) is 71.1 Å². The molecule has 1 spiro atoms. The fourth-order valence-corrected chi connectivity index (χ4v) is 18.5. The first kappa shape index (κ1) is 73.2. The Kier molecular flexibility index (Phi) is 22.3. The molecule has 18 N–H and O–H groups in total. The molecule has 41 atom stereocenters. The molecule has 0 aromatic carbocycles. The zero-order chi connectivity index (χ0) is 68.2. The number of Topliss-reactive ketones (excluding diaryl/α,β-unsaturated/α-hetero) is 1. The van der Waals surface area contributed by atoms with E-state index in [0.717, 1.165) is 32.1 Å². The van der Waals surface area contributed by atoms with Crippen molar-refractivity contribution in [2.75, 3.05) is 46.2 Å². The second-order valence-electron chi connectivity index (χ2n) is 29.4. The molecule has 8 heterocycles. The molecule has 546 valence electrons. The van der Waals surface area contributed by atoms with E-state index in [1.54, 1.807) is 0 Å². The Morgan fingerprint density at radius 1 is 0.453 bits per heavy atom. The van der Waals surface area contributed by atoms with Crippen LogP contribution in [0.5, 0.6) is 0 Å². The summed E-state index contributed by atoms with van der Waals surface area (Å²) in [5, 5.41) is 198. The topological polar surface area (TPSA) is 510 Å². The lowest BCUT2D eigenvalue weighted by Gasteiger charge is -2.60. The molecule has 12 fully saturated rings. The second kappa shape index (κ2) is 28.9. The van der Waals surface area contributed by atoms with E-state index in [1.807, 2.05) is 0 Å². The lowest BCUT2D eigenvalue weighted by Crippen LogP contribution is -2.69. The Morgan fingerprint density at radius 3 is 1.56 bits per heavy atom. The van der Waals surface area contributed by atoms with Crippen molar-refractivity contribution in [3.63, 3.8) is 0 Å². The molecule has 0 aromatic heterocycles. The zero-order valence-electron chi connectivity index (χ0n) is 53.4. The van der Waals surface area contributed by atoms with Crippen molar-refractivity contribution < 1.29 is 163 Å². The van der Waals surface area contributed by atoms with Crippen LogP contribution in [0.15, 0.2) is 0 Å². The minimum Gasteiger partial charge on any atom is -0.394 e. The second-order valence-corrected chi connectivity index (χ2v) is 29.4. The molecule has 0 amide bonds. The van der Waals surface area contributed by atoms with Gasteiger partial charge in [0.05, 0.1) is 58.5 Å². The van der Waals surface area contributed by atoms with Crippen molar-refractivity contribution in [1.29, 1.82) is 0 Å². The Hall–Kier alpha value is -1.61. The van der Waals surface area contributed by atoms with Gasteiger partial charge >= 0.3 is 0 Å². The van der Waals surface area contributed by atoms with E-state index in [1.165, 1.54) is 0 Å². The lowest BCUT2D eigenvalue weighted by molar-refractivity contribution is -0.407. The summed E-state index contributed by atoms with van der Waals surface area (Å²) in [4.78, 5) is 14.8. The Labute approximate surface area is 547 Å². The monoisotopic (exact) mass is 1370 g/mol. The van der Waals surface area contributed by atoms with E-state index in [4.69, 9.17) is 66.3 Å². The molecule has 12 rings (SSSR count). The van der Waals surface area contributed by atoms with Gasteiger partial charge in [0.25, 0.3) is 0 Å². The van der Waals surface area contributed by atoms with Gasteiger partial charge < -0.3 is 158 Å². The van der Waals surface area contributed by atoms with Gasteiger partial charge in [-0.3, -0.25) is 4.79 Å². The minimum absolute atomic E-state index is 0.0544. The van der Waals surface area contributed by atoms with Crippen LogP contribution in [-0.4, -0.2) is 340 Å². The van der Waals surface area contributed by atoms with Crippen LogP contribution in [0.1, 0.15) is 85.5 Å². The third-order valence-electron chi connectivity index (χ3n) is 24.1.